The molecule has 0 aromatic heterocycles. The summed E-state index contributed by atoms with van der Waals surface area (Å²) >= 11 is 12.2. The van der Waals surface area contributed by atoms with Gasteiger partial charge in [0.15, 0.2) is 9.84 Å². The Hall–Kier alpha value is -3.43. The predicted octanol–water partition coefficient (Wildman–Crippen LogP) is 7.65. The number of carboxylic acid groups (broad SMARTS) is 1. The lowest BCUT2D eigenvalue weighted by Crippen LogP contribution is -2.53. The van der Waals surface area contributed by atoms with Gasteiger partial charge >= 0.3 is 24.0 Å². The molecule has 0 bridgehead atoms. The molecule has 46 heavy (non-hydrogen) atoms. The van der Waals surface area contributed by atoms with Gasteiger partial charge < -0.3 is 10.0 Å². The molecule has 1 aliphatic heterocycles. The van der Waals surface area contributed by atoms with Crippen molar-refractivity contribution in [3.8, 4) is 0 Å². The third kappa shape index (κ3) is 4.93. The maximum Gasteiger partial charge on any atom is 0.435 e. The molecule has 17 heteroatoms. The first-order chi connectivity index (χ1) is 21.2. The van der Waals surface area contributed by atoms with Crippen molar-refractivity contribution < 1.29 is 58.2 Å². The first-order valence-corrected chi connectivity index (χ1v) is 15.4. The summed E-state index contributed by atoms with van der Waals surface area (Å²) in [6.07, 6.45) is -13.9. The number of amides is 1. The van der Waals surface area contributed by atoms with Crippen LogP contribution in [0.4, 0.5) is 35.1 Å². The molecule has 1 aliphatic carbocycles. The molecule has 2 atom stereocenters. The van der Waals surface area contributed by atoms with Crippen LogP contribution in [0, 0.1) is 5.82 Å². The minimum Gasteiger partial charge on any atom is -0.478 e. The highest BCUT2D eigenvalue weighted by Gasteiger charge is 2.74. The van der Waals surface area contributed by atoms with Crippen LogP contribution in [0.25, 0.3) is 0 Å². The Morgan fingerprint density at radius 1 is 0.870 bits per heavy atom. The highest BCUT2D eigenvalue weighted by molar-refractivity contribution is 7.92. The Morgan fingerprint density at radius 2 is 1.43 bits per heavy atom. The Kier molecular flexibility index (Phi) is 8.17. The van der Waals surface area contributed by atoms with Crippen molar-refractivity contribution in [2.75, 3.05) is 6.54 Å². The molecule has 5 rings (SSSR count). The summed E-state index contributed by atoms with van der Waals surface area (Å²) in [6, 6.07) is 5.33. The van der Waals surface area contributed by atoms with E-state index in [4.69, 9.17) is 23.2 Å². The lowest BCUT2D eigenvalue weighted by Gasteiger charge is -2.43. The third-order valence-corrected chi connectivity index (χ3v) is 11.6. The minimum atomic E-state index is -6.41. The molecule has 3 aromatic rings. The fraction of sp³-hybridized carbons (Fsp3) is 0.310. The third-order valence-electron chi connectivity index (χ3n) is 8.45. The normalized spacial score (nSPS) is 20.3. The second kappa shape index (κ2) is 11.1. The number of halogens is 10. The average molecular weight is 716 g/mol. The topological polar surface area (TPSA) is 91.8 Å². The van der Waals surface area contributed by atoms with Crippen molar-refractivity contribution in [1.82, 2.24) is 4.90 Å². The molecule has 0 saturated carbocycles. The SMILES string of the molecule is O=C(O)c1cc(Cl)c(C(=O)N2CC[C@@]3(S(=O)(=O)c4ccc(F)cc4)c4ccc(C(F)(C(F)(F)F)C(F)(F)F)cc4CC[C@@H]23)cc1Cl. The first kappa shape index (κ1) is 33.9. The molecular weight excluding hydrogens is 697 g/mol. The van der Waals surface area contributed by atoms with Crippen molar-refractivity contribution in [1.29, 1.82) is 0 Å². The van der Waals surface area contributed by atoms with Gasteiger partial charge in [0.25, 0.3) is 5.91 Å². The monoisotopic (exact) mass is 715 g/mol. The largest absolute Gasteiger partial charge is 0.478 e. The summed E-state index contributed by atoms with van der Waals surface area (Å²) in [4.78, 5) is 25.9. The molecule has 2 aliphatic rings. The van der Waals surface area contributed by atoms with Gasteiger partial charge in [-0.25, -0.2) is 22.0 Å². The predicted molar refractivity (Wildman–Crippen MR) is 148 cm³/mol. The molecular formula is C29H19Cl2F8NO5S. The van der Waals surface area contributed by atoms with E-state index in [0.29, 0.717) is 12.1 Å². The van der Waals surface area contributed by atoms with Gasteiger partial charge in [-0.1, -0.05) is 41.4 Å². The van der Waals surface area contributed by atoms with Gasteiger partial charge in [-0.15, -0.1) is 0 Å². The van der Waals surface area contributed by atoms with Gasteiger partial charge in [-0.05, 0) is 66.8 Å². The molecule has 0 unspecified atom stereocenters. The van der Waals surface area contributed by atoms with Gasteiger partial charge in [0.2, 0.25) is 0 Å². The summed E-state index contributed by atoms with van der Waals surface area (Å²) in [5, 5.41) is 8.60. The van der Waals surface area contributed by atoms with Crippen molar-refractivity contribution >= 4 is 44.9 Å². The zero-order valence-corrected chi connectivity index (χ0v) is 25.1. The number of carboxylic acids is 1. The molecule has 6 nitrogen and oxygen atoms in total. The van der Waals surface area contributed by atoms with E-state index in [9.17, 15) is 58.2 Å². The number of fused-ring (bicyclic) bond motifs is 3. The van der Waals surface area contributed by atoms with Crippen LogP contribution in [0.15, 0.2) is 59.5 Å². The van der Waals surface area contributed by atoms with E-state index in [2.05, 4.69) is 0 Å². The standard InChI is InChI=1S/C29H19Cl2F8NO5S/c30-21-13-19(25(42)43)22(31)12-18(21)24(41)40-10-9-26(46(44,45)17-5-3-16(32)4-6-17)20-7-2-15(11-14(20)1-8-23(26)40)27(33,28(34,35)36)29(37,38)39/h2-7,11-13,23H,1,8-10H2,(H,42,43)/t23-,26-/m1/s1. The van der Waals surface area contributed by atoms with Crippen molar-refractivity contribution in [2.45, 2.75) is 53.0 Å². The zero-order valence-electron chi connectivity index (χ0n) is 22.8. The zero-order chi connectivity index (χ0) is 34.2. The first-order valence-electron chi connectivity index (χ1n) is 13.2. The van der Waals surface area contributed by atoms with E-state index in [1.165, 1.54) is 0 Å². The minimum absolute atomic E-state index is 0.218. The lowest BCUT2D eigenvalue weighted by atomic mass is 9.76. The quantitative estimate of drug-likeness (QED) is 0.217. The van der Waals surface area contributed by atoms with Gasteiger partial charge in [0, 0.05) is 12.1 Å². The van der Waals surface area contributed by atoms with Crippen LogP contribution in [0.1, 0.15) is 50.2 Å². The van der Waals surface area contributed by atoms with Crippen LogP contribution in [0.3, 0.4) is 0 Å². The van der Waals surface area contributed by atoms with E-state index in [-0.39, 0.29) is 52.2 Å². The number of aryl methyl sites for hydroxylation is 1. The maximum absolute atomic E-state index is 15.0. The highest BCUT2D eigenvalue weighted by atomic mass is 35.5. The number of hydrogen-bond acceptors (Lipinski definition) is 4. The van der Waals surface area contributed by atoms with Crippen molar-refractivity contribution in [2.24, 2.45) is 0 Å². The van der Waals surface area contributed by atoms with Gasteiger partial charge in [-0.2, -0.15) is 26.3 Å². The number of likely N-dealkylation sites (tertiary alicyclic amines) is 1. The number of carbonyl (C=O) groups excluding carboxylic acids is 1. The molecule has 246 valence electrons. The van der Waals surface area contributed by atoms with Gasteiger partial charge in [0.1, 0.15) is 10.6 Å². The summed E-state index contributed by atoms with van der Waals surface area (Å²) in [7, 11) is -4.72. The molecule has 1 heterocycles. The number of sulfone groups is 1. The lowest BCUT2D eigenvalue weighted by molar-refractivity contribution is -0.348. The van der Waals surface area contributed by atoms with Crippen LogP contribution in [-0.4, -0.2) is 55.2 Å². The second-order valence-electron chi connectivity index (χ2n) is 10.8. The van der Waals surface area contributed by atoms with E-state index in [1.54, 1.807) is 0 Å². The second-order valence-corrected chi connectivity index (χ2v) is 13.8. The van der Waals surface area contributed by atoms with E-state index in [1.807, 2.05) is 0 Å². The molecule has 1 saturated heterocycles. The number of aromatic carboxylic acids is 1. The fourth-order valence-corrected chi connectivity index (χ4v) is 9.18. The Balaban J connectivity index is 1.70. The van der Waals surface area contributed by atoms with E-state index < -0.39 is 78.8 Å². The molecule has 1 fully saturated rings. The average Bonchev–Trinajstić information content (AvgIpc) is 3.37. The number of hydrogen-bond donors (Lipinski definition) is 1. The number of benzene rings is 3. The molecule has 0 spiro atoms. The number of nitrogens with zero attached hydrogens (tertiary/aromatic N) is 1. The highest BCUT2D eigenvalue weighted by Crippen LogP contribution is 2.57. The summed E-state index contributed by atoms with van der Waals surface area (Å²) in [5.74, 6) is -3.14. The number of alkyl halides is 7. The summed E-state index contributed by atoms with van der Waals surface area (Å²) in [6.45, 7) is -0.322. The Labute approximate surface area is 265 Å². The van der Waals surface area contributed by atoms with Crippen LogP contribution in [0.2, 0.25) is 10.0 Å². The molecule has 1 N–H and O–H groups in total. The van der Waals surface area contributed by atoms with Gasteiger partial charge in [0.05, 0.1) is 32.1 Å². The number of carbonyl (C=O) groups is 2. The van der Waals surface area contributed by atoms with Crippen LogP contribution < -0.4 is 0 Å². The van der Waals surface area contributed by atoms with Crippen molar-refractivity contribution in [3.05, 3.63) is 98.3 Å². The summed E-state index contributed by atoms with van der Waals surface area (Å²) in [5.41, 5.74) is -8.89. The summed E-state index contributed by atoms with van der Waals surface area (Å²) < 4.78 is 137. The fourth-order valence-electron chi connectivity index (χ4n) is 6.33. The van der Waals surface area contributed by atoms with E-state index >= 15 is 0 Å². The smallest absolute Gasteiger partial charge is 0.435 e. The maximum atomic E-state index is 15.0. The Morgan fingerprint density at radius 3 is 2.00 bits per heavy atom. The van der Waals surface area contributed by atoms with E-state index in [0.717, 1.165) is 41.3 Å². The molecule has 3 aromatic carbocycles. The number of rotatable bonds is 5. The van der Waals surface area contributed by atoms with Crippen LogP contribution in [-0.2, 0) is 26.7 Å². The Bertz CT molecular complexity index is 1850. The van der Waals surface area contributed by atoms with Crippen molar-refractivity contribution in [3.63, 3.8) is 0 Å². The van der Waals surface area contributed by atoms with Crippen LogP contribution in [0.5, 0.6) is 0 Å². The molecule has 0 radical (unpaired) electrons. The van der Waals surface area contributed by atoms with Gasteiger partial charge in [-0.3, -0.25) is 4.79 Å². The molecule has 1 amide bonds. The van der Waals surface area contributed by atoms with Crippen LogP contribution >= 0.6 is 23.2 Å².